The van der Waals surface area contributed by atoms with E-state index in [-0.39, 0.29) is 11.9 Å². The first kappa shape index (κ1) is 14.0. The van der Waals surface area contributed by atoms with Crippen molar-refractivity contribution in [3.8, 4) is 0 Å². The molecule has 2 heterocycles. The number of piperazine rings is 1. The van der Waals surface area contributed by atoms with E-state index < -0.39 is 12.7 Å². The molecule has 0 radical (unpaired) electrons. The first-order valence-electron chi connectivity index (χ1n) is 5.85. The summed E-state index contributed by atoms with van der Waals surface area (Å²) in [5.74, 6) is 1.54. The molecular weight excluding hydrogens is 267 g/mol. The molecule has 0 saturated carbocycles. The second-order valence-corrected chi connectivity index (χ2v) is 5.52. The predicted molar refractivity (Wildman–Crippen MR) is 63.3 cm³/mol. The monoisotopic (exact) mass is 283 g/mol. The van der Waals surface area contributed by atoms with E-state index >= 15 is 0 Å². The maximum Gasteiger partial charge on any atom is 0.401 e. The van der Waals surface area contributed by atoms with Crippen LogP contribution in [0.2, 0.25) is 0 Å². The van der Waals surface area contributed by atoms with Gasteiger partial charge in [0.2, 0.25) is 5.91 Å². The number of rotatable bonds is 2. The third-order valence-electron chi connectivity index (χ3n) is 3.10. The molecule has 2 saturated heterocycles. The van der Waals surface area contributed by atoms with Crippen molar-refractivity contribution in [3.63, 3.8) is 0 Å². The van der Waals surface area contributed by atoms with E-state index in [9.17, 15) is 18.0 Å². The van der Waals surface area contributed by atoms with Gasteiger partial charge in [-0.05, 0) is 0 Å². The topological polar surface area (TPSA) is 35.6 Å². The minimum atomic E-state index is -4.16. The van der Waals surface area contributed by atoms with Crippen molar-refractivity contribution in [2.75, 3.05) is 44.4 Å². The van der Waals surface area contributed by atoms with E-state index in [1.807, 2.05) is 0 Å². The molecule has 8 heteroatoms. The van der Waals surface area contributed by atoms with E-state index in [4.69, 9.17) is 0 Å². The van der Waals surface area contributed by atoms with Gasteiger partial charge in [-0.25, -0.2) is 0 Å². The standard InChI is InChI=1S/C10H16F3N3OS/c11-10(12,13)6-15-1-3-16(4-2-15)9(17)8-5-18-7-14-8/h8,14H,1-7H2. The SMILES string of the molecule is O=C(C1CSCN1)N1CCN(CC(F)(F)F)CC1. The number of nitrogens with one attached hydrogen (secondary N) is 1. The van der Waals surface area contributed by atoms with Crippen LogP contribution in [0.5, 0.6) is 0 Å². The van der Waals surface area contributed by atoms with Gasteiger partial charge in [0.05, 0.1) is 12.6 Å². The van der Waals surface area contributed by atoms with Crippen LogP contribution in [0, 0.1) is 0 Å². The molecule has 2 aliphatic rings. The number of carbonyl (C=O) groups excluding carboxylic acids is 1. The van der Waals surface area contributed by atoms with Crippen LogP contribution in [0.25, 0.3) is 0 Å². The maximum absolute atomic E-state index is 12.2. The van der Waals surface area contributed by atoms with Crippen molar-refractivity contribution >= 4 is 17.7 Å². The van der Waals surface area contributed by atoms with E-state index in [1.54, 1.807) is 16.7 Å². The van der Waals surface area contributed by atoms with Crippen molar-refractivity contribution in [1.82, 2.24) is 15.1 Å². The van der Waals surface area contributed by atoms with Gasteiger partial charge in [0, 0.05) is 37.8 Å². The molecule has 2 fully saturated rings. The molecule has 0 aromatic rings. The van der Waals surface area contributed by atoms with Crippen LogP contribution in [-0.2, 0) is 4.79 Å². The smallest absolute Gasteiger partial charge is 0.339 e. The second-order valence-electron chi connectivity index (χ2n) is 4.49. The van der Waals surface area contributed by atoms with E-state index in [0.29, 0.717) is 26.2 Å². The summed E-state index contributed by atoms with van der Waals surface area (Å²) in [6.07, 6.45) is -4.16. The average molecular weight is 283 g/mol. The summed E-state index contributed by atoms with van der Waals surface area (Å²) in [4.78, 5) is 15.0. The maximum atomic E-state index is 12.2. The Balaban J connectivity index is 1.77. The van der Waals surface area contributed by atoms with Crippen molar-refractivity contribution in [2.24, 2.45) is 0 Å². The fourth-order valence-electron chi connectivity index (χ4n) is 2.15. The first-order valence-corrected chi connectivity index (χ1v) is 7.00. The van der Waals surface area contributed by atoms with E-state index in [1.165, 1.54) is 4.90 Å². The zero-order chi connectivity index (χ0) is 13.2. The van der Waals surface area contributed by atoms with Gasteiger partial charge in [0.1, 0.15) is 0 Å². The molecular formula is C10H16F3N3OS. The number of carbonyl (C=O) groups is 1. The van der Waals surface area contributed by atoms with Crippen LogP contribution in [0.4, 0.5) is 13.2 Å². The molecule has 1 N–H and O–H groups in total. The Hall–Kier alpha value is -0.470. The Morgan fingerprint density at radius 2 is 1.94 bits per heavy atom. The van der Waals surface area contributed by atoms with Gasteiger partial charge in [0.15, 0.2) is 0 Å². The summed E-state index contributed by atoms with van der Waals surface area (Å²) < 4.78 is 36.6. The molecule has 1 unspecified atom stereocenters. The summed E-state index contributed by atoms with van der Waals surface area (Å²) >= 11 is 1.67. The molecule has 4 nitrogen and oxygen atoms in total. The number of alkyl halides is 3. The number of halogens is 3. The number of amides is 1. The molecule has 1 atom stereocenters. The number of nitrogens with zero attached hydrogens (tertiary/aromatic N) is 2. The molecule has 0 aliphatic carbocycles. The third kappa shape index (κ3) is 3.76. The normalized spacial score (nSPS) is 26.6. The Morgan fingerprint density at radius 1 is 1.28 bits per heavy atom. The molecule has 0 spiro atoms. The zero-order valence-corrected chi connectivity index (χ0v) is 10.7. The molecule has 0 aromatic heterocycles. The van der Waals surface area contributed by atoms with Crippen molar-refractivity contribution in [3.05, 3.63) is 0 Å². The highest BCUT2D eigenvalue weighted by Gasteiger charge is 2.34. The third-order valence-corrected chi connectivity index (χ3v) is 4.04. The predicted octanol–water partition coefficient (Wildman–Crippen LogP) is 0.355. The largest absolute Gasteiger partial charge is 0.401 e. The van der Waals surface area contributed by atoms with Gasteiger partial charge < -0.3 is 4.90 Å². The van der Waals surface area contributed by atoms with Crippen LogP contribution < -0.4 is 5.32 Å². The Labute approximate surface area is 108 Å². The first-order chi connectivity index (χ1) is 8.46. The lowest BCUT2D eigenvalue weighted by Crippen LogP contribution is -2.54. The van der Waals surface area contributed by atoms with Gasteiger partial charge in [-0.15, -0.1) is 11.8 Å². The number of hydrogen-bond acceptors (Lipinski definition) is 4. The van der Waals surface area contributed by atoms with E-state index in [0.717, 1.165) is 11.6 Å². The summed E-state index contributed by atoms with van der Waals surface area (Å²) in [5.41, 5.74) is 0. The van der Waals surface area contributed by atoms with Gasteiger partial charge in [-0.2, -0.15) is 13.2 Å². The highest BCUT2D eigenvalue weighted by atomic mass is 32.2. The molecule has 104 valence electrons. The minimum absolute atomic E-state index is 0.0201. The lowest BCUT2D eigenvalue weighted by Gasteiger charge is -2.36. The number of thioether (sulfide) groups is 1. The quantitative estimate of drug-likeness (QED) is 0.793. The molecule has 2 aliphatic heterocycles. The van der Waals surface area contributed by atoms with Crippen LogP contribution in [0.15, 0.2) is 0 Å². The van der Waals surface area contributed by atoms with Crippen LogP contribution >= 0.6 is 11.8 Å². The summed E-state index contributed by atoms with van der Waals surface area (Å²) in [6.45, 7) is 0.484. The summed E-state index contributed by atoms with van der Waals surface area (Å²) in [6, 6.07) is -0.163. The van der Waals surface area contributed by atoms with Crippen molar-refractivity contribution < 1.29 is 18.0 Å². The summed E-state index contributed by atoms with van der Waals surface area (Å²) in [7, 11) is 0. The van der Waals surface area contributed by atoms with Crippen molar-refractivity contribution in [2.45, 2.75) is 12.2 Å². The molecule has 18 heavy (non-hydrogen) atoms. The van der Waals surface area contributed by atoms with Gasteiger partial charge in [0.25, 0.3) is 0 Å². The molecule has 1 amide bonds. The van der Waals surface area contributed by atoms with E-state index in [2.05, 4.69) is 5.32 Å². The Bertz CT molecular complexity index is 299. The van der Waals surface area contributed by atoms with Gasteiger partial charge >= 0.3 is 6.18 Å². The number of hydrogen-bond donors (Lipinski definition) is 1. The fraction of sp³-hybridized carbons (Fsp3) is 0.900. The van der Waals surface area contributed by atoms with Crippen molar-refractivity contribution in [1.29, 1.82) is 0 Å². The lowest BCUT2D eigenvalue weighted by atomic mass is 10.2. The molecule has 2 rings (SSSR count). The van der Waals surface area contributed by atoms with Crippen LogP contribution in [0.3, 0.4) is 0 Å². The molecule has 0 aromatic carbocycles. The Morgan fingerprint density at radius 3 is 2.44 bits per heavy atom. The Kier molecular flexibility index (Phi) is 4.39. The highest BCUT2D eigenvalue weighted by molar-refractivity contribution is 7.99. The van der Waals surface area contributed by atoms with Gasteiger partial charge in [-0.1, -0.05) is 0 Å². The van der Waals surface area contributed by atoms with Crippen LogP contribution in [-0.4, -0.2) is 72.3 Å². The minimum Gasteiger partial charge on any atom is -0.339 e. The zero-order valence-electron chi connectivity index (χ0n) is 9.87. The second kappa shape index (κ2) is 5.66. The van der Waals surface area contributed by atoms with Gasteiger partial charge in [-0.3, -0.25) is 15.0 Å². The van der Waals surface area contributed by atoms with Crippen LogP contribution in [0.1, 0.15) is 0 Å². The fourth-order valence-corrected chi connectivity index (χ4v) is 3.09. The molecule has 0 bridgehead atoms. The average Bonchev–Trinajstić information content (AvgIpc) is 2.80. The summed E-state index contributed by atoms with van der Waals surface area (Å²) in [5, 5.41) is 3.08. The lowest BCUT2D eigenvalue weighted by molar-refractivity contribution is -0.152. The highest BCUT2D eigenvalue weighted by Crippen LogP contribution is 2.18.